The van der Waals surface area contributed by atoms with E-state index in [1.54, 1.807) is 0 Å². The summed E-state index contributed by atoms with van der Waals surface area (Å²) in [5.41, 5.74) is 8.17. The summed E-state index contributed by atoms with van der Waals surface area (Å²) < 4.78 is 12.9. The van der Waals surface area contributed by atoms with Crippen molar-refractivity contribution in [2.45, 2.75) is 23.7 Å². The monoisotopic (exact) mass is 528 g/mol. The third-order valence-corrected chi connectivity index (χ3v) is 8.33. The fraction of sp³-hybridized carbons (Fsp3) is 0.235. The summed E-state index contributed by atoms with van der Waals surface area (Å²) in [6.45, 7) is 0. The van der Waals surface area contributed by atoms with E-state index in [0.29, 0.717) is 0 Å². The standard InChI is InChI=1S/C34H32N4O2/c1-37(2)23-17-13-21(14-18-23)29-31(33-35-25-9-5-7-11-27(25)39-33)30(22-15-19-24(20-16-22)38(3)4)32(29)34-36-26-10-6-8-12-28(26)40-34/h5-20,29-32H,1-4H3. The molecule has 0 unspecified atom stereocenters. The van der Waals surface area contributed by atoms with Crippen LogP contribution in [0.5, 0.6) is 0 Å². The number of nitrogens with zero attached hydrogens (tertiary/aromatic N) is 4. The molecule has 1 saturated carbocycles. The zero-order valence-corrected chi connectivity index (χ0v) is 23.2. The highest BCUT2D eigenvalue weighted by Crippen LogP contribution is 2.66. The fourth-order valence-corrected chi connectivity index (χ4v) is 6.25. The average molecular weight is 529 g/mol. The van der Waals surface area contributed by atoms with E-state index in [-0.39, 0.29) is 23.7 Å². The Bertz CT molecular complexity index is 1580. The van der Waals surface area contributed by atoms with Gasteiger partial charge >= 0.3 is 0 Å². The van der Waals surface area contributed by atoms with E-state index in [0.717, 1.165) is 45.4 Å². The zero-order chi connectivity index (χ0) is 27.4. The second-order valence-electron chi connectivity index (χ2n) is 11.1. The Morgan fingerprint density at radius 2 is 0.850 bits per heavy atom. The molecule has 1 aliphatic rings. The van der Waals surface area contributed by atoms with Gasteiger partial charge in [-0.15, -0.1) is 0 Å². The molecule has 200 valence electrons. The molecule has 0 atom stereocenters. The smallest absolute Gasteiger partial charge is 0.199 e. The van der Waals surface area contributed by atoms with Gasteiger partial charge in [0, 0.05) is 51.4 Å². The number of fused-ring (bicyclic) bond motifs is 2. The molecular formula is C34H32N4O2. The van der Waals surface area contributed by atoms with E-state index in [1.807, 2.05) is 48.5 Å². The van der Waals surface area contributed by atoms with Gasteiger partial charge < -0.3 is 18.6 Å². The van der Waals surface area contributed by atoms with Crippen LogP contribution in [0.1, 0.15) is 46.6 Å². The van der Waals surface area contributed by atoms with Crippen LogP contribution in [0.2, 0.25) is 0 Å². The van der Waals surface area contributed by atoms with Gasteiger partial charge in [-0.1, -0.05) is 48.5 Å². The highest BCUT2D eigenvalue weighted by Gasteiger charge is 2.57. The summed E-state index contributed by atoms with van der Waals surface area (Å²) in [7, 11) is 8.25. The molecule has 1 fully saturated rings. The number of para-hydroxylation sites is 4. The van der Waals surface area contributed by atoms with Gasteiger partial charge in [0.2, 0.25) is 0 Å². The fourth-order valence-electron chi connectivity index (χ4n) is 6.25. The summed E-state index contributed by atoms with van der Waals surface area (Å²) in [6.07, 6.45) is 0. The van der Waals surface area contributed by atoms with Crippen molar-refractivity contribution in [3.63, 3.8) is 0 Å². The predicted octanol–water partition coefficient (Wildman–Crippen LogP) is 7.55. The number of hydrogen-bond donors (Lipinski definition) is 0. The van der Waals surface area contributed by atoms with Crippen molar-refractivity contribution in [3.8, 4) is 0 Å². The van der Waals surface area contributed by atoms with E-state index >= 15 is 0 Å². The van der Waals surface area contributed by atoms with E-state index in [4.69, 9.17) is 18.8 Å². The van der Waals surface area contributed by atoms with Gasteiger partial charge in [-0.25, -0.2) is 9.97 Å². The van der Waals surface area contributed by atoms with Crippen LogP contribution in [-0.2, 0) is 0 Å². The van der Waals surface area contributed by atoms with Crippen LogP contribution in [0.15, 0.2) is 106 Å². The van der Waals surface area contributed by atoms with E-state index in [2.05, 4.69) is 86.5 Å². The molecule has 40 heavy (non-hydrogen) atoms. The predicted molar refractivity (Wildman–Crippen MR) is 161 cm³/mol. The van der Waals surface area contributed by atoms with Crippen molar-refractivity contribution in [1.29, 1.82) is 0 Å². The number of anilines is 2. The van der Waals surface area contributed by atoms with E-state index in [9.17, 15) is 0 Å². The van der Waals surface area contributed by atoms with Crippen LogP contribution in [-0.4, -0.2) is 38.2 Å². The van der Waals surface area contributed by atoms with Crippen LogP contribution in [0.4, 0.5) is 11.4 Å². The highest BCUT2D eigenvalue weighted by atomic mass is 16.4. The Kier molecular flexibility index (Phi) is 5.84. The first-order valence-corrected chi connectivity index (χ1v) is 13.7. The molecule has 6 heteroatoms. The summed E-state index contributed by atoms with van der Waals surface area (Å²) in [4.78, 5) is 14.3. The molecule has 6 nitrogen and oxygen atoms in total. The molecule has 2 aromatic heterocycles. The minimum Gasteiger partial charge on any atom is -0.440 e. The van der Waals surface area contributed by atoms with Crippen LogP contribution < -0.4 is 9.80 Å². The number of aromatic nitrogens is 2. The Morgan fingerprint density at radius 3 is 1.20 bits per heavy atom. The molecule has 0 saturated heterocycles. The van der Waals surface area contributed by atoms with Crippen molar-refractivity contribution in [3.05, 3.63) is 120 Å². The van der Waals surface area contributed by atoms with Crippen molar-refractivity contribution < 1.29 is 8.83 Å². The van der Waals surface area contributed by atoms with Crippen molar-refractivity contribution in [1.82, 2.24) is 9.97 Å². The van der Waals surface area contributed by atoms with Gasteiger partial charge in [-0.05, 0) is 59.7 Å². The zero-order valence-electron chi connectivity index (χ0n) is 23.2. The lowest BCUT2D eigenvalue weighted by atomic mass is 9.52. The third-order valence-electron chi connectivity index (χ3n) is 8.33. The van der Waals surface area contributed by atoms with Crippen LogP contribution in [0.25, 0.3) is 22.2 Å². The number of oxazole rings is 2. The normalized spacial score (nSPS) is 20.5. The van der Waals surface area contributed by atoms with E-state index in [1.165, 1.54) is 11.1 Å². The first kappa shape index (κ1) is 24.5. The molecule has 0 spiro atoms. The molecule has 0 radical (unpaired) electrons. The van der Waals surface area contributed by atoms with Gasteiger partial charge in [0.25, 0.3) is 0 Å². The molecule has 6 aromatic rings. The summed E-state index contributed by atoms with van der Waals surface area (Å²) in [5, 5.41) is 0. The molecule has 4 aromatic carbocycles. The SMILES string of the molecule is CN(C)c1ccc(C2C(c3nc4ccccc4o3)C(c3ccc(N(C)C)cc3)C2c2nc3ccccc3o2)cc1. The highest BCUT2D eigenvalue weighted by molar-refractivity contribution is 5.73. The quantitative estimate of drug-likeness (QED) is 0.222. The van der Waals surface area contributed by atoms with Gasteiger partial charge in [-0.3, -0.25) is 0 Å². The first-order valence-electron chi connectivity index (χ1n) is 13.7. The van der Waals surface area contributed by atoms with Crippen molar-refractivity contribution in [2.75, 3.05) is 38.0 Å². The number of rotatable bonds is 6. The minimum atomic E-state index is 0.0165. The van der Waals surface area contributed by atoms with Gasteiger partial charge in [0.15, 0.2) is 22.9 Å². The molecular weight excluding hydrogens is 496 g/mol. The molecule has 1 aliphatic carbocycles. The van der Waals surface area contributed by atoms with Gasteiger partial charge in [0.05, 0.1) is 11.8 Å². The Morgan fingerprint density at radius 1 is 0.475 bits per heavy atom. The maximum Gasteiger partial charge on any atom is 0.199 e. The summed E-state index contributed by atoms with van der Waals surface area (Å²) in [5.74, 6) is 1.71. The largest absolute Gasteiger partial charge is 0.440 e. The van der Waals surface area contributed by atoms with Gasteiger partial charge in [-0.2, -0.15) is 0 Å². The summed E-state index contributed by atoms with van der Waals surface area (Å²) >= 11 is 0. The molecule has 0 N–H and O–H groups in total. The lowest BCUT2D eigenvalue weighted by Gasteiger charge is -2.50. The number of hydrogen-bond acceptors (Lipinski definition) is 6. The van der Waals surface area contributed by atoms with E-state index < -0.39 is 0 Å². The molecule has 0 amide bonds. The molecule has 0 aliphatic heterocycles. The molecule has 7 rings (SSSR count). The van der Waals surface area contributed by atoms with Gasteiger partial charge in [0.1, 0.15) is 11.0 Å². The molecule has 0 bridgehead atoms. The number of benzene rings is 4. The second kappa shape index (κ2) is 9.56. The summed E-state index contributed by atoms with van der Waals surface area (Å²) in [6, 6.07) is 33.7. The molecule has 2 heterocycles. The van der Waals surface area contributed by atoms with Crippen molar-refractivity contribution >= 4 is 33.6 Å². The topological polar surface area (TPSA) is 58.5 Å². The third kappa shape index (κ3) is 4.02. The first-order chi connectivity index (χ1) is 19.5. The van der Waals surface area contributed by atoms with Crippen molar-refractivity contribution in [2.24, 2.45) is 0 Å². The maximum atomic E-state index is 6.46. The maximum absolute atomic E-state index is 6.46. The van der Waals surface area contributed by atoms with Crippen LogP contribution in [0, 0.1) is 0 Å². The van der Waals surface area contributed by atoms with Crippen LogP contribution in [0.3, 0.4) is 0 Å². The lowest BCUT2D eigenvalue weighted by Crippen LogP contribution is -2.40. The van der Waals surface area contributed by atoms with Crippen LogP contribution >= 0.6 is 0 Å². The minimum absolute atomic E-state index is 0.0165. The lowest BCUT2D eigenvalue weighted by molar-refractivity contribution is 0.172. The second-order valence-corrected chi connectivity index (χ2v) is 11.1. The Hall–Kier alpha value is -4.58. The average Bonchev–Trinajstić information content (AvgIpc) is 3.57. The Balaban J connectivity index is 1.41. The Labute approximate surface area is 233 Å².